The van der Waals surface area contributed by atoms with E-state index in [-0.39, 0.29) is 12.5 Å². The van der Waals surface area contributed by atoms with Crippen molar-refractivity contribution < 1.29 is 14.7 Å². The zero-order valence-electron chi connectivity index (χ0n) is 9.66. The van der Waals surface area contributed by atoms with Gasteiger partial charge in [-0.15, -0.1) is 0 Å². The van der Waals surface area contributed by atoms with Crippen LogP contribution in [-0.4, -0.2) is 36.6 Å². The van der Waals surface area contributed by atoms with Gasteiger partial charge in [0.25, 0.3) is 0 Å². The number of carboxylic acid groups (broad SMARTS) is 1. The van der Waals surface area contributed by atoms with E-state index in [9.17, 15) is 9.59 Å². The van der Waals surface area contributed by atoms with Crippen LogP contribution >= 0.6 is 0 Å². The molecule has 3 N–H and O–H groups in total. The average molecular weight is 228 g/mol. The molecule has 0 bridgehead atoms. The topological polar surface area (TPSA) is 78.4 Å². The molecule has 1 aliphatic heterocycles. The predicted molar refractivity (Wildman–Crippen MR) is 60.0 cm³/mol. The Balaban J connectivity index is 2.23. The third-order valence-corrected chi connectivity index (χ3v) is 3.08. The van der Waals surface area contributed by atoms with Crippen molar-refractivity contribution in [1.29, 1.82) is 0 Å². The number of rotatable bonds is 5. The van der Waals surface area contributed by atoms with Crippen LogP contribution in [0, 0.1) is 11.8 Å². The van der Waals surface area contributed by atoms with Gasteiger partial charge in [0.1, 0.15) is 6.54 Å². The summed E-state index contributed by atoms with van der Waals surface area (Å²) in [6.45, 7) is 3.80. The molecule has 0 aromatic heterocycles. The highest BCUT2D eigenvalue weighted by atomic mass is 16.4. The number of hydrogen-bond donors (Lipinski definition) is 3. The van der Waals surface area contributed by atoms with Gasteiger partial charge in [-0.25, -0.2) is 0 Å². The molecule has 0 spiro atoms. The van der Waals surface area contributed by atoms with Gasteiger partial charge in [-0.3, -0.25) is 9.59 Å². The fourth-order valence-corrected chi connectivity index (χ4v) is 2.07. The SMILES string of the molecule is CC(CC(=O)NCC(=O)O)C1CCCNC1. The van der Waals surface area contributed by atoms with Crippen molar-refractivity contribution >= 4 is 11.9 Å². The van der Waals surface area contributed by atoms with Crippen molar-refractivity contribution in [2.45, 2.75) is 26.2 Å². The van der Waals surface area contributed by atoms with Gasteiger partial charge in [0.2, 0.25) is 5.91 Å². The lowest BCUT2D eigenvalue weighted by Crippen LogP contribution is -2.36. The van der Waals surface area contributed by atoms with E-state index in [1.165, 1.54) is 0 Å². The minimum Gasteiger partial charge on any atom is -0.480 e. The second kappa shape index (κ2) is 6.48. The van der Waals surface area contributed by atoms with Crippen LogP contribution in [0.1, 0.15) is 26.2 Å². The summed E-state index contributed by atoms with van der Waals surface area (Å²) >= 11 is 0. The summed E-state index contributed by atoms with van der Waals surface area (Å²) in [6, 6.07) is 0. The second-order valence-corrected chi connectivity index (χ2v) is 4.46. The molecule has 1 rings (SSSR count). The van der Waals surface area contributed by atoms with Crippen molar-refractivity contribution in [3.63, 3.8) is 0 Å². The van der Waals surface area contributed by atoms with Crippen molar-refractivity contribution in [1.82, 2.24) is 10.6 Å². The zero-order valence-corrected chi connectivity index (χ0v) is 9.66. The first-order chi connectivity index (χ1) is 7.59. The molecule has 0 radical (unpaired) electrons. The van der Waals surface area contributed by atoms with Crippen molar-refractivity contribution in [3.8, 4) is 0 Å². The highest BCUT2D eigenvalue weighted by Gasteiger charge is 2.21. The standard InChI is InChI=1S/C11H20N2O3/c1-8(9-3-2-4-12-6-9)5-10(14)13-7-11(15)16/h8-9,12H,2-7H2,1H3,(H,13,14)(H,15,16). The summed E-state index contributed by atoms with van der Waals surface area (Å²) in [7, 11) is 0. The van der Waals surface area contributed by atoms with Crippen LogP contribution < -0.4 is 10.6 Å². The van der Waals surface area contributed by atoms with Gasteiger partial charge in [-0.1, -0.05) is 6.92 Å². The molecule has 0 saturated carbocycles. The third-order valence-electron chi connectivity index (χ3n) is 3.08. The minimum atomic E-state index is -1.000. The summed E-state index contributed by atoms with van der Waals surface area (Å²) in [5, 5.41) is 14.1. The number of nitrogens with one attached hydrogen (secondary N) is 2. The summed E-state index contributed by atoms with van der Waals surface area (Å²) in [4.78, 5) is 21.7. The fraction of sp³-hybridized carbons (Fsp3) is 0.818. The van der Waals surface area contributed by atoms with E-state index in [1.807, 2.05) is 0 Å². The molecular weight excluding hydrogens is 208 g/mol. The number of amides is 1. The lowest BCUT2D eigenvalue weighted by Gasteiger charge is -2.27. The van der Waals surface area contributed by atoms with E-state index in [4.69, 9.17) is 5.11 Å². The molecule has 5 nitrogen and oxygen atoms in total. The molecule has 5 heteroatoms. The minimum absolute atomic E-state index is 0.166. The van der Waals surface area contributed by atoms with Crippen LogP contribution in [0.4, 0.5) is 0 Å². The van der Waals surface area contributed by atoms with Crippen LogP contribution in [-0.2, 0) is 9.59 Å². The summed E-state index contributed by atoms with van der Waals surface area (Å²) < 4.78 is 0. The van der Waals surface area contributed by atoms with E-state index in [0.717, 1.165) is 25.9 Å². The molecular formula is C11H20N2O3. The van der Waals surface area contributed by atoms with Gasteiger partial charge >= 0.3 is 5.97 Å². The lowest BCUT2D eigenvalue weighted by molar-refractivity contribution is -0.138. The molecule has 2 unspecified atom stereocenters. The van der Waals surface area contributed by atoms with Gasteiger partial charge in [-0.05, 0) is 37.8 Å². The van der Waals surface area contributed by atoms with E-state index < -0.39 is 5.97 Å². The molecule has 1 aliphatic rings. The Hall–Kier alpha value is -1.10. The number of carbonyl (C=O) groups is 2. The Morgan fingerprint density at radius 1 is 1.56 bits per heavy atom. The molecule has 1 fully saturated rings. The summed E-state index contributed by atoms with van der Waals surface area (Å²) in [5.74, 6) is -0.327. The maximum absolute atomic E-state index is 11.4. The number of carboxylic acids is 1. The third kappa shape index (κ3) is 4.61. The predicted octanol–water partition coefficient (Wildman–Crippen LogP) is 0.213. The van der Waals surface area contributed by atoms with Crippen LogP contribution in [0.5, 0.6) is 0 Å². The highest BCUT2D eigenvalue weighted by Crippen LogP contribution is 2.22. The van der Waals surface area contributed by atoms with E-state index >= 15 is 0 Å². The summed E-state index contributed by atoms with van der Waals surface area (Å²) in [5.41, 5.74) is 0. The first-order valence-electron chi connectivity index (χ1n) is 5.79. The molecule has 16 heavy (non-hydrogen) atoms. The molecule has 1 amide bonds. The molecule has 1 saturated heterocycles. The van der Waals surface area contributed by atoms with Gasteiger partial charge in [0.05, 0.1) is 0 Å². The second-order valence-electron chi connectivity index (χ2n) is 4.46. The van der Waals surface area contributed by atoms with Crippen molar-refractivity contribution in [3.05, 3.63) is 0 Å². The van der Waals surface area contributed by atoms with Crippen LogP contribution in [0.3, 0.4) is 0 Å². The Labute approximate surface area is 95.6 Å². The first-order valence-corrected chi connectivity index (χ1v) is 5.79. The Kier molecular flexibility index (Phi) is 5.25. The average Bonchev–Trinajstić information content (AvgIpc) is 2.27. The molecule has 2 atom stereocenters. The molecule has 0 aromatic rings. The summed E-state index contributed by atoms with van der Waals surface area (Å²) in [6.07, 6.45) is 2.73. The van der Waals surface area contributed by atoms with E-state index in [1.54, 1.807) is 0 Å². The Bertz CT molecular complexity index is 250. The first kappa shape index (κ1) is 13.0. The molecule has 1 heterocycles. The number of aliphatic carboxylic acids is 1. The van der Waals surface area contributed by atoms with Gasteiger partial charge in [0, 0.05) is 6.42 Å². The van der Waals surface area contributed by atoms with Gasteiger partial charge in [0.15, 0.2) is 0 Å². The molecule has 0 aliphatic carbocycles. The number of hydrogen-bond acceptors (Lipinski definition) is 3. The van der Waals surface area contributed by atoms with Crippen molar-refractivity contribution in [2.75, 3.05) is 19.6 Å². The van der Waals surface area contributed by atoms with Gasteiger partial charge in [-0.2, -0.15) is 0 Å². The Morgan fingerprint density at radius 2 is 2.31 bits per heavy atom. The molecule has 92 valence electrons. The van der Waals surface area contributed by atoms with Gasteiger partial charge < -0.3 is 15.7 Å². The highest BCUT2D eigenvalue weighted by molar-refractivity contribution is 5.81. The maximum atomic E-state index is 11.4. The largest absolute Gasteiger partial charge is 0.480 e. The van der Waals surface area contributed by atoms with Crippen LogP contribution in [0.15, 0.2) is 0 Å². The quantitative estimate of drug-likeness (QED) is 0.628. The lowest BCUT2D eigenvalue weighted by atomic mass is 9.85. The molecule has 0 aromatic carbocycles. The van der Waals surface area contributed by atoms with E-state index in [2.05, 4.69) is 17.6 Å². The number of carbonyl (C=O) groups excluding carboxylic acids is 1. The maximum Gasteiger partial charge on any atom is 0.322 e. The van der Waals surface area contributed by atoms with Crippen LogP contribution in [0.2, 0.25) is 0 Å². The van der Waals surface area contributed by atoms with E-state index in [0.29, 0.717) is 18.3 Å². The van der Waals surface area contributed by atoms with Crippen molar-refractivity contribution in [2.24, 2.45) is 11.8 Å². The monoisotopic (exact) mass is 228 g/mol. The normalized spacial score (nSPS) is 22.4. The smallest absolute Gasteiger partial charge is 0.322 e. The zero-order chi connectivity index (χ0) is 12.0. The van der Waals surface area contributed by atoms with Crippen LogP contribution in [0.25, 0.3) is 0 Å². The Morgan fingerprint density at radius 3 is 2.88 bits per heavy atom. The number of piperidine rings is 1. The fourth-order valence-electron chi connectivity index (χ4n) is 2.07.